The second-order valence-corrected chi connectivity index (χ2v) is 6.86. The van der Waals surface area contributed by atoms with Gasteiger partial charge in [0.05, 0.1) is 11.6 Å². The van der Waals surface area contributed by atoms with E-state index < -0.39 is 0 Å². The molecular weight excluding hydrogens is 324 g/mol. The van der Waals surface area contributed by atoms with Gasteiger partial charge in [0.25, 0.3) is 5.91 Å². The summed E-state index contributed by atoms with van der Waals surface area (Å²) in [5.41, 5.74) is 1.49. The minimum atomic E-state index is -0.100. The van der Waals surface area contributed by atoms with E-state index in [0.717, 1.165) is 42.0 Å². The van der Waals surface area contributed by atoms with Gasteiger partial charge in [0.2, 0.25) is 0 Å². The van der Waals surface area contributed by atoms with Crippen LogP contribution >= 0.6 is 0 Å². The Balaban J connectivity index is 1.74. The van der Waals surface area contributed by atoms with Gasteiger partial charge >= 0.3 is 0 Å². The Morgan fingerprint density at radius 2 is 1.73 bits per heavy atom. The van der Waals surface area contributed by atoms with E-state index >= 15 is 0 Å². The van der Waals surface area contributed by atoms with Gasteiger partial charge < -0.3 is 10.0 Å². The molecule has 0 aliphatic carbocycles. The molecule has 0 radical (unpaired) electrons. The number of hydrogen-bond acceptors (Lipinski definition) is 3. The Morgan fingerprint density at radius 3 is 2.50 bits per heavy atom. The maximum atomic E-state index is 13.4. The Bertz CT molecular complexity index is 924. The number of phenols is 1. The number of likely N-dealkylation sites (tertiary alicyclic amines) is 1. The van der Waals surface area contributed by atoms with E-state index in [1.165, 1.54) is 0 Å². The van der Waals surface area contributed by atoms with Crippen molar-refractivity contribution in [1.29, 1.82) is 0 Å². The SMILES string of the molecule is O=C(c1cc2ccccc2cc1O)N1CCCCCC1c1ccncc1. The van der Waals surface area contributed by atoms with Gasteiger partial charge in [0, 0.05) is 18.9 Å². The molecule has 1 aliphatic heterocycles. The number of phenolic OH excluding ortho intramolecular Hbond substituents is 1. The summed E-state index contributed by atoms with van der Waals surface area (Å²) in [6, 6.07) is 15.3. The van der Waals surface area contributed by atoms with E-state index in [4.69, 9.17) is 0 Å². The molecule has 0 saturated carbocycles. The molecule has 1 amide bonds. The first-order valence-corrected chi connectivity index (χ1v) is 9.17. The molecule has 4 rings (SSSR count). The van der Waals surface area contributed by atoms with Gasteiger partial charge in [-0.2, -0.15) is 0 Å². The van der Waals surface area contributed by atoms with E-state index in [9.17, 15) is 9.90 Å². The number of aromatic hydroxyl groups is 1. The standard InChI is InChI=1S/C22H22N2O2/c25-21-15-18-7-4-3-6-17(18)14-19(21)22(26)24-13-5-1-2-8-20(24)16-9-11-23-12-10-16/h3-4,6-7,9-12,14-15,20,25H,1-2,5,8,13H2. The predicted molar refractivity (Wildman–Crippen MR) is 102 cm³/mol. The molecule has 1 aromatic heterocycles. The number of pyridine rings is 1. The van der Waals surface area contributed by atoms with Gasteiger partial charge in [0.15, 0.2) is 0 Å². The van der Waals surface area contributed by atoms with Crippen LogP contribution in [0.5, 0.6) is 5.75 Å². The summed E-state index contributed by atoms with van der Waals surface area (Å²) in [6.07, 6.45) is 7.69. The van der Waals surface area contributed by atoms with Crippen molar-refractivity contribution >= 4 is 16.7 Å². The van der Waals surface area contributed by atoms with Crippen molar-refractivity contribution in [1.82, 2.24) is 9.88 Å². The summed E-state index contributed by atoms with van der Waals surface area (Å²) in [6.45, 7) is 0.706. The highest BCUT2D eigenvalue weighted by atomic mass is 16.3. The predicted octanol–water partition coefficient (Wildman–Crippen LogP) is 4.70. The lowest BCUT2D eigenvalue weighted by atomic mass is 10.00. The molecule has 26 heavy (non-hydrogen) atoms. The highest BCUT2D eigenvalue weighted by Crippen LogP contribution is 2.33. The zero-order valence-electron chi connectivity index (χ0n) is 14.6. The van der Waals surface area contributed by atoms with Crippen molar-refractivity contribution in [2.75, 3.05) is 6.54 Å². The van der Waals surface area contributed by atoms with Crippen molar-refractivity contribution in [2.24, 2.45) is 0 Å². The lowest BCUT2D eigenvalue weighted by molar-refractivity contribution is 0.0678. The number of amides is 1. The van der Waals surface area contributed by atoms with Crippen molar-refractivity contribution in [3.63, 3.8) is 0 Å². The number of rotatable bonds is 2. The Hall–Kier alpha value is -2.88. The largest absolute Gasteiger partial charge is 0.507 e. The lowest BCUT2D eigenvalue weighted by Crippen LogP contribution is -2.34. The summed E-state index contributed by atoms with van der Waals surface area (Å²) < 4.78 is 0. The molecule has 0 spiro atoms. The monoisotopic (exact) mass is 346 g/mol. The topological polar surface area (TPSA) is 53.4 Å². The van der Waals surface area contributed by atoms with Crippen LogP contribution < -0.4 is 0 Å². The third-order valence-corrected chi connectivity index (χ3v) is 5.20. The zero-order valence-corrected chi connectivity index (χ0v) is 14.6. The molecular formula is C22H22N2O2. The Kier molecular flexibility index (Phi) is 4.57. The van der Waals surface area contributed by atoms with Gasteiger partial charge in [-0.25, -0.2) is 0 Å². The van der Waals surface area contributed by atoms with E-state index in [0.29, 0.717) is 12.1 Å². The second-order valence-electron chi connectivity index (χ2n) is 6.86. The van der Waals surface area contributed by atoms with Crippen LogP contribution in [0.2, 0.25) is 0 Å². The van der Waals surface area contributed by atoms with Crippen molar-refractivity contribution in [3.05, 3.63) is 72.1 Å². The molecule has 1 N–H and O–H groups in total. The molecule has 4 nitrogen and oxygen atoms in total. The van der Waals surface area contributed by atoms with Crippen LogP contribution in [0.4, 0.5) is 0 Å². The van der Waals surface area contributed by atoms with E-state index in [2.05, 4.69) is 4.98 Å². The number of nitrogens with zero attached hydrogens (tertiary/aromatic N) is 2. The molecule has 1 unspecified atom stereocenters. The van der Waals surface area contributed by atoms with Crippen molar-refractivity contribution in [3.8, 4) is 5.75 Å². The highest BCUT2D eigenvalue weighted by Gasteiger charge is 2.29. The fourth-order valence-electron chi connectivity index (χ4n) is 3.84. The van der Waals surface area contributed by atoms with Crippen LogP contribution in [-0.4, -0.2) is 27.4 Å². The summed E-state index contributed by atoms with van der Waals surface area (Å²) in [7, 11) is 0. The van der Waals surface area contributed by atoms with Gasteiger partial charge in [-0.15, -0.1) is 0 Å². The first kappa shape index (κ1) is 16.6. The fourth-order valence-corrected chi connectivity index (χ4v) is 3.84. The Morgan fingerprint density at radius 1 is 1.00 bits per heavy atom. The van der Waals surface area contributed by atoms with Crippen molar-refractivity contribution < 1.29 is 9.90 Å². The average Bonchev–Trinajstić information content (AvgIpc) is 2.93. The molecule has 4 heteroatoms. The Labute approximate surface area is 153 Å². The number of hydrogen-bond donors (Lipinski definition) is 1. The van der Waals surface area contributed by atoms with Crippen LogP contribution in [-0.2, 0) is 0 Å². The molecule has 132 valence electrons. The maximum absolute atomic E-state index is 13.4. The number of aromatic nitrogens is 1. The van der Waals surface area contributed by atoms with Crippen LogP contribution in [0, 0.1) is 0 Å². The minimum absolute atomic E-state index is 0.0267. The molecule has 1 atom stereocenters. The fraction of sp³-hybridized carbons (Fsp3) is 0.273. The third kappa shape index (κ3) is 3.15. The number of carbonyl (C=O) groups is 1. The summed E-state index contributed by atoms with van der Waals surface area (Å²) in [5, 5.41) is 12.4. The average molecular weight is 346 g/mol. The number of benzene rings is 2. The molecule has 1 saturated heterocycles. The first-order chi connectivity index (χ1) is 12.7. The van der Waals surface area contributed by atoms with Crippen LogP contribution in [0.15, 0.2) is 60.9 Å². The quantitative estimate of drug-likeness (QED) is 0.732. The summed E-state index contributed by atoms with van der Waals surface area (Å²) >= 11 is 0. The smallest absolute Gasteiger partial charge is 0.258 e. The van der Waals surface area contributed by atoms with Crippen LogP contribution in [0.3, 0.4) is 0 Å². The third-order valence-electron chi connectivity index (χ3n) is 5.20. The van der Waals surface area contributed by atoms with Crippen LogP contribution in [0.1, 0.15) is 47.6 Å². The normalized spacial score (nSPS) is 17.8. The van der Waals surface area contributed by atoms with Gasteiger partial charge in [-0.05, 0) is 53.4 Å². The maximum Gasteiger partial charge on any atom is 0.258 e. The van der Waals surface area contributed by atoms with Gasteiger partial charge in [0.1, 0.15) is 5.75 Å². The summed E-state index contributed by atoms with van der Waals surface area (Å²) in [4.78, 5) is 19.4. The minimum Gasteiger partial charge on any atom is -0.507 e. The number of carbonyl (C=O) groups excluding carboxylic acids is 1. The van der Waals surface area contributed by atoms with Crippen molar-refractivity contribution in [2.45, 2.75) is 31.7 Å². The highest BCUT2D eigenvalue weighted by molar-refractivity contribution is 6.01. The van der Waals surface area contributed by atoms with Crippen LogP contribution in [0.25, 0.3) is 10.8 Å². The molecule has 3 aromatic rings. The van der Waals surface area contributed by atoms with Gasteiger partial charge in [-0.3, -0.25) is 9.78 Å². The van der Waals surface area contributed by atoms with E-state index in [1.54, 1.807) is 18.5 Å². The molecule has 1 aliphatic rings. The summed E-state index contributed by atoms with van der Waals surface area (Å²) in [5.74, 6) is -0.0524. The van der Waals surface area contributed by atoms with E-state index in [-0.39, 0.29) is 17.7 Å². The first-order valence-electron chi connectivity index (χ1n) is 9.17. The molecule has 1 fully saturated rings. The number of fused-ring (bicyclic) bond motifs is 1. The zero-order chi connectivity index (χ0) is 17.9. The van der Waals surface area contributed by atoms with Gasteiger partial charge in [-0.1, -0.05) is 37.1 Å². The molecule has 2 heterocycles. The lowest BCUT2D eigenvalue weighted by Gasteiger charge is -2.30. The molecule has 2 aromatic carbocycles. The van der Waals surface area contributed by atoms with E-state index in [1.807, 2.05) is 47.4 Å². The molecule has 0 bridgehead atoms. The second kappa shape index (κ2) is 7.16.